The molecular formula is C29H36Cl2N4O6. The lowest BCUT2D eigenvalue weighted by Gasteiger charge is -2.26. The zero-order valence-corrected chi connectivity index (χ0v) is 24.4. The Morgan fingerprint density at radius 3 is 1.44 bits per heavy atom. The van der Waals surface area contributed by atoms with Gasteiger partial charge in [0.2, 0.25) is 11.6 Å². The van der Waals surface area contributed by atoms with Crippen LogP contribution in [0, 0.1) is 0 Å². The van der Waals surface area contributed by atoms with Crippen molar-refractivity contribution in [2.24, 2.45) is 10.3 Å². The van der Waals surface area contributed by atoms with Crippen molar-refractivity contribution < 1.29 is 29.5 Å². The average Bonchev–Trinajstić information content (AvgIpc) is 3.35. The fraction of sp³-hybridized carbons (Fsp3) is 0.448. The third kappa shape index (κ3) is 7.71. The van der Waals surface area contributed by atoms with Gasteiger partial charge >= 0.3 is 0 Å². The van der Waals surface area contributed by atoms with Crippen LogP contribution in [-0.4, -0.2) is 109 Å². The molecule has 10 nitrogen and oxygen atoms in total. The molecule has 5 rings (SSSR count). The molecule has 41 heavy (non-hydrogen) atoms. The highest BCUT2D eigenvalue weighted by Gasteiger charge is 2.25. The van der Waals surface area contributed by atoms with E-state index in [9.17, 15) is 20.0 Å². The van der Waals surface area contributed by atoms with Crippen molar-refractivity contribution in [3.05, 3.63) is 58.7 Å². The normalized spacial score (nSPS) is 17.7. The van der Waals surface area contributed by atoms with Crippen LogP contribution < -0.4 is 0 Å². The molecule has 0 bridgehead atoms. The summed E-state index contributed by atoms with van der Waals surface area (Å²) in [5.41, 5.74) is 5.22. The maximum Gasteiger partial charge on any atom is 0.210 e. The average molecular weight is 608 g/mol. The highest BCUT2D eigenvalue weighted by molar-refractivity contribution is 6.46. The number of fused-ring (bicyclic) bond motifs is 3. The van der Waals surface area contributed by atoms with E-state index in [-0.39, 0.29) is 47.8 Å². The molecule has 0 unspecified atom stereocenters. The number of hydrogen-bond donors (Lipinski definition) is 2. The number of oxime groups is 2. The number of carbonyl (C=O) groups excluding carboxylic acids is 2. The molecule has 0 saturated carbocycles. The van der Waals surface area contributed by atoms with Crippen LogP contribution in [-0.2, 0) is 15.9 Å². The number of benzene rings is 2. The predicted molar refractivity (Wildman–Crippen MR) is 160 cm³/mol. The van der Waals surface area contributed by atoms with Gasteiger partial charge < -0.3 is 19.9 Å². The monoisotopic (exact) mass is 606 g/mol. The van der Waals surface area contributed by atoms with E-state index >= 15 is 0 Å². The van der Waals surface area contributed by atoms with Crippen molar-refractivity contribution in [1.29, 1.82) is 0 Å². The van der Waals surface area contributed by atoms with E-state index in [4.69, 9.17) is 9.47 Å². The lowest BCUT2D eigenvalue weighted by atomic mass is 9.97. The Morgan fingerprint density at radius 1 is 0.683 bits per heavy atom. The van der Waals surface area contributed by atoms with Crippen molar-refractivity contribution >= 4 is 47.8 Å². The summed E-state index contributed by atoms with van der Waals surface area (Å²) in [7, 11) is 0. The summed E-state index contributed by atoms with van der Waals surface area (Å²) in [5.74, 6) is -0.575. The first-order chi connectivity index (χ1) is 19.1. The molecule has 222 valence electrons. The first-order valence-electron chi connectivity index (χ1n) is 13.4. The number of rotatable bonds is 10. The van der Waals surface area contributed by atoms with Gasteiger partial charge in [-0.25, -0.2) is 0 Å². The Bertz CT molecular complexity index is 1190. The van der Waals surface area contributed by atoms with Crippen LogP contribution in [0.5, 0.6) is 0 Å². The minimum absolute atomic E-state index is 0. The second-order valence-electron chi connectivity index (χ2n) is 10.1. The van der Waals surface area contributed by atoms with Crippen molar-refractivity contribution in [2.75, 3.05) is 65.7 Å². The van der Waals surface area contributed by atoms with Gasteiger partial charge in [-0.3, -0.25) is 19.4 Å². The Kier molecular flexibility index (Phi) is 12.3. The van der Waals surface area contributed by atoms with E-state index < -0.39 is 0 Å². The molecule has 2 aromatic carbocycles. The van der Waals surface area contributed by atoms with E-state index in [0.29, 0.717) is 69.9 Å². The SMILES string of the molecule is Cl.Cl.O=C(C(CCN1CCOCC1)=NO)c1ccc2c(c1)Cc1cc(C(=O)C(CCN3CCOCC3)=NO)ccc1-2. The number of Topliss-reactive ketones (excluding diaryl/α,β-unsaturated/α-hetero) is 2. The van der Waals surface area contributed by atoms with Crippen LogP contribution in [0.25, 0.3) is 11.1 Å². The summed E-state index contributed by atoms with van der Waals surface area (Å²) in [5, 5.41) is 25.7. The maximum absolute atomic E-state index is 13.1. The molecule has 0 atom stereocenters. The van der Waals surface area contributed by atoms with Gasteiger partial charge in [0.15, 0.2) is 0 Å². The van der Waals surface area contributed by atoms with Crippen LogP contribution in [0.2, 0.25) is 0 Å². The molecule has 1 aliphatic carbocycles. The first kappa shape index (κ1) is 32.7. The number of morpholine rings is 2. The van der Waals surface area contributed by atoms with E-state index in [1.54, 1.807) is 12.1 Å². The van der Waals surface area contributed by atoms with Crippen LogP contribution in [0.15, 0.2) is 46.7 Å². The molecule has 3 aliphatic rings. The second kappa shape index (κ2) is 15.4. The van der Waals surface area contributed by atoms with Gasteiger partial charge in [-0.05, 0) is 40.8 Å². The number of carbonyl (C=O) groups is 2. The molecule has 2 N–H and O–H groups in total. The number of nitrogens with zero attached hydrogens (tertiary/aromatic N) is 4. The van der Waals surface area contributed by atoms with Crippen molar-refractivity contribution in [2.45, 2.75) is 19.3 Å². The Hall–Kier alpha value is -2.86. The van der Waals surface area contributed by atoms with Crippen LogP contribution in [0.4, 0.5) is 0 Å². The second-order valence-corrected chi connectivity index (χ2v) is 10.1. The summed E-state index contributed by atoms with van der Waals surface area (Å²) < 4.78 is 10.7. The molecule has 12 heteroatoms. The Labute approximate surface area is 251 Å². The van der Waals surface area contributed by atoms with Gasteiger partial charge in [-0.2, -0.15) is 0 Å². The molecule has 2 saturated heterocycles. The van der Waals surface area contributed by atoms with E-state index in [0.717, 1.165) is 48.4 Å². The lowest BCUT2D eigenvalue weighted by Crippen LogP contribution is -2.38. The minimum atomic E-state index is -0.288. The summed E-state index contributed by atoms with van der Waals surface area (Å²) >= 11 is 0. The largest absolute Gasteiger partial charge is 0.411 e. The fourth-order valence-electron chi connectivity index (χ4n) is 5.42. The van der Waals surface area contributed by atoms with Crippen molar-refractivity contribution in [1.82, 2.24) is 9.80 Å². The smallest absolute Gasteiger partial charge is 0.210 e. The van der Waals surface area contributed by atoms with Gasteiger partial charge in [-0.1, -0.05) is 34.6 Å². The Balaban J connectivity index is 0.00000231. The fourth-order valence-corrected chi connectivity index (χ4v) is 5.42. The third-order valence-electron chi connectivity index (χ3n) is 7.71. The zero-order valence-electron chi connectivity index (χ0n) is 22.8. The van der Waals surface area contributed by atoms with Crippen molar-refractivity contribution in [3.63, 3.8) is 0 Å². The summed E-state index contributed by atoms with van der Waals surface area (Å²) in [4.78, 5) is 30.6. The highest BCUT2D eigenvalue weighted by atomic mass is 35.5. The van der Waals surface area contributed by atoms with E-state index in [1.165, 1.54) is 0 Å². The molecule has 2 aromatic rings. The zero-order chi connectivity index (χ0) is 27.2. The molecule has 0 amide bonds. The highest BCUT2D eigenvalue weighted by Crippen LogP contribution is 2.37. The predicted octanol–water partition coefficient (Wildman–Crippen LogP) is 3.57. The van der Waals surface area contributed by atoms with E-state index in [2.05, 4.69) is 20.1 Å². The van der Waals surface area contributed by atoms with Gasteiger partial charge in [0, 0.05) is 63.2 Å². The molecule has 0 radical (unpaired) electrons. The standard InChI is InChI=1S/C29H34N4O6.2ClH/c34-28(26(30-36)5-7-32-9-13-38-14-10-32)20-1-3-24-22(17-20)19-23-18-21(2-4-25(23)24)29(35)27(31-37)6-8-33-11-15-39-16-12-33;;/h1-4,17-18,36-37H,5-16,19H2;2*1H. The summed E-state index contributed by atoms with van der Waals surface area (Å²) in [6.07, 6.45) is 1.29. The maximum atomic E-state index is 13.1. The van der Waals surface area contributed by atoms with Gasteiger partial charge in [-0.15, -0.1) is 24.8 Å². The van der Waals surface area contributed by atoms with Crippen molar-refractivity contribution in [3.8, 4) is 11.1 Å². The van der Waals surface area contributed by atoms with Gasteiger partial charge in [0.1, 0.15) is 11.4 Å². The molecule has 2 aliphatic heterocycles. The number of ether oxygens (including phenoxy) is 2. The third-order valence-corrected chi connectivity index (χ3v) is 7.71. The lowest BCUT2D eigenvalue weighted by molar-refractivity contribution is 0.0390. The molecule has 2 fully saturated rings. The van der Waals surface area contributed by atoms with Gasteiger partial charge in [0.05, 0.1) is 26.4 Å². The van der Waals surface area contributed by atoms with E-state index in [1.807, 2.05) is 24.3 Å². The van der Waals surface area contributed by atoms with Crippen LogP contribution in [0.1, 0.15) is 44.7 Å². The quantitative estimate of drug-likeness (QED) is 0.155. The number of halogens is 2. The van der Waals surface area contributed by atoms with Crippen LogP contribution >= 0.6 is 24.8 Å². The Morgan fingerprint density at radius 2 is 1.07 bits per heavy atom. The molecule has 2 heterocycles. The molecule has 0 spiro atoms. The first-order valence-corrected chi connectivity index (χ1v) is 13.4. The molecule has 0 aromatic heterocycles. The number of hydrogen-bond acceptors (Lipinski definition) is 10. The topological polar surface area (TPSA) is 124 Å². The summed E-state index contributed by atoms with van der Waals surface area (Å²) in [6.45, 7) is 7.13. The minimum Gasteiger partial charge on any atom is -0.411 e. The summed E-state index contributed by atoms with van der Waals surface area (Å²) in [6, 6.07) is 11.0. The number of ketones is 2. The van der Waals surface area contributed by atoms with Crippen LogP contribution in [0.3, 0.4) is 0 Å². The molecular weight excluding hydrogens is 571 g/mol. The van der Waals surface area contributed by atoms with Gasteiger partial charge in [0.25, 0.3) is 0 Å².